The summed E-state index contributed by atoms with van der Waals surface area (Å²) in [5.41, 5.74) is 1.76. The van der Waals surface area contributed by atoms with Crippen molar-refractivity contribution < 1.29 is 9.90 Å². The number of rotatable bonds is 7. The minimum Gasteiger partial charge on any atom is -0.396 e. The van der Waals surface area contributed by atoms with Crippen LogP contribution < -0.4 is 5.32 Å². The minimum atomic E-state index is -0.0345. The van der Waals surface area contributed by atoms with Gasteiger partial charge in [-0.3, -0.25) is 4.79 Å². The van der Waals surface area contributed by atoms with E-state index in [0.717, 1.165) is 35.7 Å². The Morgan fingerprint density at radius 3 is 2.72 bits per heavy atom. The van der Waals surface area contributed by atoms with Crippen LogP contribution in [0.3, 0.4) is 0 Å². The molecule has 0 aliphatic heterocycles. The van der Waals surface area contributed by atoms with Crippen LogP contribution in [-0.4, -0.2) is 24.2 Å². The van der Waals surface area contributed by atoms with Crippen molar-refractivity contribution in [3.63, 3.8) is 0 Å². The molecule has 0 aliphatic rings. The summed E-state index contributed by atoms with van der Waals surface area (Å²) in [5.74, 6) is -0.0345. The van der Waals surface area contributed by atoms with Gasteiger partial charge in [0.2, 0.25) is 0 Å². The van der Waals surface area contributed by atoms with Gasteiger partial charge in [-0.15, -0.1) is 0 Å². The summed E-state index contributed by atoms with van der Waals surface area (Å²) in [7, 11) is 0. The molecular weight excluding hydrogens is 294 g/mol. The highest BCUT2D eigenvalue weighted by atomic mass is 79.9. The normalized spacial score (nSPS) is 10.4. The standard InChI is InChI=1S/C14H20BrNO2/c1-11-6-7-13(15)12(10-11)14(18)16-8-4-2-3-5-9-17/h6-7,10,17H,2-5,8-9H2,1H3,(H,16,18). The summed E-state index contributed by atoms with van der Waals surface area (Å²) < 4.78 is 0.825. The smallest absolute Gasteiger partial charge is 0.252 e. The summed E-state index contributed by atoms with van der Waals surface area (Å²) in [4.78, 5) is 11.9. The fourth-order valence-electron chi connectivity index (χ4n) is 1.70. The first-order valence-electron chi connectivity index (χ1n) is 6.30. The van der Waals surface area contributed by atoms with Crippen molar-refractivity contribution in [2.45, 2.75) is 32.6 Å². The number of hydrogen-bond donors (Lipinski definition) is 2. The lowest BCUT2D eigenvalue weighted by Crippen LogP contribution is -2.24. The second kappa shape index (κ2) is 8.27. The fraction of sp³-hybridized carbons (Fsp3) is 0.500. The van der Waals surface area contributed by atoms with Crippen molar-refractivity contribution in [3.05, 3.63) is 33.8 Å². The summed E-state index contributed by atoms with van der Waals surface area (Å²) >= 11 is 3.39. The van der Waals surface area contributed by atoms with E-state index >= 15 is 0 Å². The molecule has 0 spiro atoms. The second-order valence-electron chi connectivity index (χ2n) is 4.38. The molecule has 100 valence electrons. The van der Waals surface area contributed by atoms with Crippen LogP contribution in [0, 0.1) is 6.92 Å². The van der Waals surface area contributed by atoms with Gasteiger partial charge in [-0.05, 0) is 47.8 Å². The first-order chi connectivity index (χ1) is 8.65. The third-order valence-electron chi connectivity index (χ3n) is 2.74. The molecule has 0 aliphatic carbocycles. The molecule has 0 unspecified atom stereocenters. The molecule has 1 amide bonds. The third-order valence-corrected chi connectivity index (χ3v) is 3.43. The van der Waals surface area contributed by atoms with E-state index in [1.54, 1.807) is 0 Å². The van der Waals surface area contributed by atoms with Gasteiger partial charge in [0, 0.05) is 17.6 Å². The maximum absolute atomic E-state index is 11.9. The number of carbonyl (C=O) groups is 1. The average Bonchev–Trinajstić information content (AvgIpc) is 2.36. The predicted octanol–water partition coefficient (Wildman–Crippen LogP) is 3.04. The first-order valence-corrected chi connectivity index (χ1v) is 7.09. The number of halogens is 1. The molecular formula is C14H20BrNO2. The number of aryl methyl sites for hydroxylation is 1. The number of carbonyl (C=O) groups excluding carboxylic acids is 1. The molecule has 0 saturated heterocycles. The molecule has 0 saturated carbocycles. The van der Waals surface area contributed by atoms with Crippen LogP contribution in [0.2, 0.25) is 0 Å². The number of hydrogen-bond acceptors (Lipinski definition) is 2. The highest BCUT2D eigenvalue weighted by Crippen LogP contribution is 2.17. The summed E-state index contributed by atoms with van der Waals surface area (Å²) in [6.45, 7) is 2.91. The molecule has 0 fully saturated rings. The molecule has 0 radical (unpaired) electrons. The predicted molar refractivity (Wildman–Crippen MR) is 76.8 cm³/mol. The number of benzene rings is 1. The van der Waals surface area contributed by atoms with Crippen LogP contribution in [0.25, 0.3) is 0 Å². The molecule has 1 rings (SSSR count). The number of nitrogens with one attached hydrogen (secondary N) is 1. The first kappa shape index (κ1) is 15.2. The fourth-order valence-corrected chi connectivity index (χ4v) is 2.13. The maximum Gasteiger partial charge on any atom is 0.252 e. The zero-order chi connectivity index (χ0) is 13.4. The Balaban J connectivity index is 2.34. The zero-order valence-corrected chi connectivity index (χ0v) is 12.3. The van der Waals surface area contributed by atoms with E-state index in [-0.39, 0.29) is 12.5 Å². The highest BCUT2D eigenvalue weighted by Gasteiger charge is 2.09. The molecule has 0 atom stereocenters. The van der Waals surface area contributed by atoms with E-state index < -0.39 is 0 Å². The van der Waals surface area contributed by atoms with Gasteiger partial charge in [0.15, 0.2) is 0 Å². The summed E-state index contributed by atoms with van der Waals surface area (Å²) in [6.07, 6.45) is 3.85. The average molecular weight is 314 g/mol. The molecule has 0 aromatic heterocycles. The van der Waals surface area contributed by atoms with E-state index in [4.69, 9.17) is 5.11 Å². The van der Waals surface area contributed by atoms with E-state index in [9.17, 15) is 4.79 Å². The van der Waals surface area contributed by atoms with Crippen molar-refractivity contribution in [1.82, 2.24) is 5.32 Å². The van der Waals surface area contributed by atoms with Crippen molar-refractivity contribution in [2.75, 3.05) is 13.2 Å². The highest BCUT2D eigenvalue weighted by molar-refractivity contribution is 9.10. The van der Waals surface area contributed by atoms with Crippen LogP contribution >= 0.6 is 15.9 Å². The number of amides is 1. The van der Waals surface area contributed by atoms with Crippen molar-refractivity contribution in [1.29, 1.82) is 0 Å². The third kappa shape index (κ3) is 5.19. The Kier molecular flexibility index (Phi) is 6.98. The Morgan fingerprint density at radius 1 is 1.28 bits per heavy atom. The molecule has 4 heteroatoms. The Bertz CT molecular complexity index is 393. The van der Waals surface area contributed by atoms with E-state index in [1.807, 2.05) is 25.1 Å². The monoisotopic (exact) mass is 313 g/mol. The summed E-state index contributed by atoms with van der Waals surface area (Å²) in [5, 5.41) is 11.6. The Labute approximate surface area is 117 Å². The van der Waals surface area contributed by atoms with Crippen LogP contribution in [-0.2, 0) is 0 Å². The molecule has 18 heavy (non-hydrogen) atoms. The van der Waals surface area contributed by atoms with Gasteiger partial charge in [0.1, 0.15) is 0 Å². The number of aliphatic hydroxyl groups is 1. The second-order valence-corrected chi connectivity index (χ2v) is 5.23. The van der Waals surface area contributed by atoms with Gasteiger partial charge in [-0.25, -0.2) is 0 Å². The van der Waals surface area contributed by atoms with Crippen molar-refractivity contribution in [2.24, 2.45) is 0 Å². The van der Waals surface area contributed by atoms with E-state index in [1.165, 1.54) is 0 Å². The Morgan fingerprint density at radius 2 is 2.00 bits per heavy atom. The lowest BCUT2D eigenvalue weighted by atomic mass is 10.1. The molecule has 0 heterocycles. The van der Waals surface area contributed by atoms with Crippen LogP contribution in [0.15, 0.2) is 22.7 Å². The van der Waals surface area contributed by atoms with Crippen LogP contribution in [0.5, 0.6) is 0 Å². The maximum atomic E-state index is 11.9. The largest absolute Gasteiger partial charge is 0.396 e. The number of aliphatic hydroxyl groups excluding tert-OH is 1. The molecule has 2 N–H and O–H groups in total. The molecule has 1 aromatic rings. The SMILES string of the molecule is Cc1ccc(Br)c(C(=O)NCCCCCCO)c1. The lowest BCUT2D eigenvalue weighted by molar-refractivity contribution is 0.0952. The van der Waals surface area contributed by atoms with Crippen molar-refractivity contribution in [3.8, 4) is 0 Å². The molecule has 0 bridgehead atoms. The van der Waals surface area contributed by atoms with Gasteiger partial charge in [0.05, 0.1) is 5.56 Å². The number of unbranched alkanes of at least 4 members (excludes halogenated alkanes) is 3. The van der Waals surface area contributed by atoms with Crippen LogP contribution in [0.4, 0.5) is 0 Å². The zero-order valence-electron chi connectivity index (χ0n) is 10.7. The van der Waals surface area contributed by atoms with Crippen LogP contribution in [0.1, 0.15) is 41.6 Å². The molecule has 3 nitrogen and oxygen atoms in total. The quantitative estimate of drug-likeness (QED) is 0.760. The molecule has 1 aromatic carbocycles. The van der Waals surface area contributed by atoms with Gasteiger partial charge in [-0.2, -0.15) is 0 Å². The topological polar surface area (TPSA) is 49.3 Å². The van der Waals surface area contributed by atoms with Gasteiger partial charge in [0.25, 0.3) is 5.91 Å². The van der Waals surface area contributed by atoms with E-state index in [2.05, 4.69) is 21.2 Å². The van der Waals surface area contributed by atoms with Gasteiger partial charge < -0.3 is 10.4 Å². The lowest BCUT2D eigenvalue weighted by Gasteiger charge is -2.07. The minimum absolute atomic E-state index is 0.0345. The van der Waals surface area contributed by atoms with Gasteiger partial charge in [-0.1, -0.05) is 24.5 Å². The summed E-state index contributed by atoms with van der Waals surface area (Å²) in [6, 6.07) is 5.74. The van der Waals surface area contributed by atoms with Crippen molar-refractivity contribution >= 4 is 21.8 Å². The van der Waals surface area contributed by atoms with Gasteiger partial charge >= 0.3 is 0 Å². The Hall–Kier alpha value is -0.870. The van der Waals surface area contributed by atoms with E-state index in [0.29, 0.717) is 12.1 Å².